The molecule has 1 N–H and O–H groups in total. The Bertz CT molecular complexity index is 447. The Kier molecular flexibility index (Phi) is 4.60. The van der Waals surface area contributed by atoms with Gasteiger partial charge in [-0.05, 0) is 25.7 Å². The second-order valence-electron chi connectivity index (χ2n) is 6.51. The highest BCUT2D eigenvalue weighted by Crippen LogP contribution is 2.43. The van der Waals surface area contributed by atoms with Crippen molar-refractivity contribution >= 4 is 0 Å². The fourth-order valence-electron chi connectivity index (χ4n) is 3.95. The quantitative estimate of drug-likeness (QED) is 0.904. The fraction of sp³-hybridized carbons (Fsp3) is 0.875. The Morgan fingerprint density at radius 1 is 1.24 bits per heavy atom. The van der Waals surface area contributed by atoms with Crippen LogP contribution in [0.15, 0.2) is 4.52 Å². The number of hydrogen-bond acceptors (Lipinski definition) is 5. The molecule has 0 aromatic carbocycles. The maximum atomic E-state index is 5.71. The van der Waals surface area contributed by atoms with Crippen molar-refractivity contribution < 1.29 is 4.52 Å². The van der Waals surface area contributed by atoms with E-state index in [-0.39, 0.29) is 5.41 Å². The van der Waals surface area contributed by atoms with E-state index in [9.17, 15) is 0 Å². The molecule has 118 valence electrons. The summed E-state index contributed by atoms with van der Waals surface area (Å²) in [5, 5.41) is 7.76. The third-order valence-electron chi connectivity index (χ3n) is 5.41. The number of nitrogens with one attached hydrogen (secondary N) is 1. The summed E-state index contributed by atoms with van der Waals surface area (Å²) in [7, 11) is 0. The van der Waals surface area contributed by atoms with Gasteiger partial charge in [0.15, 0.2) is 5.82 Å². The predicted octanol–water partition coefficient (Wildman–Crippen LogP) is 2.65. The van der Waals surface area contributed by atoms with Gasteiger partial charge >= 0.3 is 0 Å². The van der Waals surface area contributed by atoms with Gasteiger partial charge in [-0.15, -0.1) is 0 Å². The first-order valence-electron chi connectivity index (χ1n) is 8.58. The van der Waals surface area contributed by atoms with E-state index in [4.69, 9.17) is 9.51 Å². The lowest BCUT2D eigenvalue weighted by Crippen LogP contribution is -2.45. The molecule has 0 amide bonds. The van der Waals surface area contributed by atoms with Crippen LogP contribution in [0.25, 0.3) is 0 Å². The molecule has 21 heavy (non-hydrogen) atoms. The molecule has 1 aromatic heterocycles. The smallest absolute Gasteiger partial charge is 0.232 e. The predicted molar refractivity (Wildman–Crippen MR) is 82.2 cm³/mol. The number of hydrogen-bond donors (Lipinski definition) is 1. The zero-order valence-corrected chi connectivity index (χ0v) is 13.4. The fourth-order valence-corrected chi connectivity index (χ4v) is 3.95. The minimum Gasteiger partial charge on any atom is -0.339 e. The highest BCUT2D eigenvalue weighted by Gasteiger charge is 2.39. The Balaban J connectivity index is 1.79. The van der Waals surface area contributed by atoms with Gasteiger partial charge in [-0.3, -0.25) is 4.90 Å². The largest absolute Gasteiger partial charge is 0.339 e. The van der Waals surface area contributed by atoms with Gasteiger partial charge < -0.3 is 9.84 Å². The second kappa shape index (κ2) is 6.44. The lowest BCUT2D eigenvalue weighted by Gasteiger charge is -2.32. The molecule has 1 aromatic rings. The molecule has 5 nitrogen and oxygen atoms in total. The summed E-state index contributed by atoms with van der Waals surface area (Å²) in [5.41, 5.74) is 0.160. The molecule has 2 fully saturated rings. The van der Waals surface area contributed by atoms with Gasteiger partial charge in [-0.25, -0.2) is 0 Å². The number of rotatable bonds is 5. The van der Waals surface area contributed by atoms with E-state index in [2.05, 4.69) is 29.2 Å². The molecular weight excluding hydrogens is 264 g/mol. The van der Waals surface area contributed by atoms with Gasteiger partial charge in [0.05, 0.1) is 6.04 Å². The van der Waals surface area contributed by atoms with Crippen LogP contribution in [0.3, 0.4) is 0 Å². The first-order valence-corrected chi connectivity index (χ1v) is 8.58. The van der Waals surface area contributed by atoms with Gasteiger partial charge in [0.2, 0.25) is 5.89 Å². The van der Waals surface area contributed by atoms with Crippen LogP contribution in [0.1, 0.15) is 70.1 Å². The lowest BCUT2D eigenvalue weighted by atomic mass is 9.83. The summed E-state index contributed by atoms with van der Waals surface area (Å²) < 4.78 is 5.71. The average molecular weight is 292 g/mol. The van der Waals surface area contributed by atoms with Crippen LogP contribution in [0, 0.1) is 0 Å². The summed E-state index contributed by atoms with van der Waals surface area (Å²) in [5.74, 6) is 1.79. The normalized spacial score (nSPS) is 24.3. The Hall–Kier alpha value is -0.940. The second-order valence-corrected chi connectivity index (χ2v) is 6.51. The molecule has 1 atom stereocenters. The highest BCUT2D eigenvalue weighted by molar-refractivity contribution is 5.09. The van der Waals surface area contributed by atoms with E-state index in [0.717, 1.165) is 50.7 Å². The maximum Gasteiger partial charge on any atom is 0.232 e. The molecule has 5 heteroatoms. The monoisotopic (exact) mass is 292 g/mol. The summed E-state index contributed by atoms with van der Waals surface area (Å²) in [6.07, 6.45) is 7.14. The Labute approximate surface area is 127 Å². The number of nitrogens with zero attached hydrogens (tertiary/aromatic N) is 3. The zero-order chi connectivity index (χ0) is 14.7. The van der Waals surface area contributed by atoms with Crippen LogP contribution < -0.4 is 5.32 Å². The highest BCUT2D eigenvalue weighted by atomic mass is 16.5. The van der Waals surface area contributed by atoms with Gasteiger partial charge in [0.25, 0.3) is 0 Å². The standard InChI is InChI=1S/C16H28N4O/c1-3-13(20-11-9-17-10-12-20)14-18-15(21-19-14)16(4-2)7-5-6-8-16/h13,17H,3-12H2,1-2H3. The van der Waals surface area contributed by atoms with E-state index in [1.165, 1.54) is 25.7 Å². The van der Waals surface area contributed by atoms with Crippen molar-refractivity contribution in [1.82, 2.24) is 20.4 Å². The first kappa shape index (κ1) is 15.0. The molecule has 1 unspecified atom stereocenters. The van der Waals surface area contributed by atoms with Crippen LogP contribution in [0.5, 0.6) is 0 Å². The van der Waals surface area contributed by atoms with Crippen molar-refractivity contribution in [2.24, 2.45) is 0 Å². The molecule has 1 saturated carbocycles. The van der Waals surface area contributed by atoms with Crippen molar-refractivity contribution in [2.45, 2.75) is 63.8 Å². The van der Waals surface area contributed by atoms with Gasteiger partial charge in [-0.2, -0.15) is 4.98 Å². The molecule has 1 aliphatic heterocycles. The topological polar surface area (TPSA) is 54.2 Å². The third kappa shape index (κ3) is 2.86. The van der Waals surface area contributed by atoms with E-state index in [1.54, 1.807) is 0 Å². The first-order chi connectivity index (χ1) is 10.3. The number of piperazine rings is 1. The molecule has 2 aliphatic rings. The Morgan fingerprint density at radius 2 is 1.95 bits per heavy atom. The van der Waals surface area contributed by atoms with Crippen molar-refractivity contribution in [3.8, 4) is 0 Å². The third-order valence-corrected chi connectivity index (χ3v) is 5.41. The molecule has 1 saturated heterocycles. The van der Waals surface area contributed by atoms with Crippen molar-refractivity contribution in [1.29, 1.82) is 0 Å². The lowest BCUT2D eigenvalue weighted by molar-refractivity contribution is 0.160. The number of aromatic nitrogens is 2. The molecule has 0 spiro atoms. The van der Waals surface area contributed by atoms with Crippen molar-refractivity contribution in [2.75, 3.05) is 26.2 Å². The van der Waals surface area contributed by atoms with E-state index in [0.29, 0.717) is 6.04 Å². The SMILES string of the molecule is CCC(c1noc(C2(CC)CCCC2)n1)N1CCNCC1. The molecule has 0 radical (unpaired) electrons. The van der Waals surface area contributed by atoms with Crippen LogP contribution in [-0.2, 0) is 5.41 Å². The van der Waals surface area contributed by atoms with Crippen LogP contribution >= 0.6 is 0 Å². The van der Waals surface area contributed by atoms with E-state index < -0.39 is 0 Å². The summed E-state index contributed by atoms with van der Waals surface area (Å²) >= 11 is 0. The molecule has 1 aliphatic carbocycles. The van der Waals surface area contributed by atoms with Crippen LogP contribution in [0.2, 0.25) is 0 Å². The molecular formula is C16H28N4O. The molecule has 2 heterocycles. The summed E-state index contributed by atoms with van der Waals surface area (Å²) in [6.45, 7) is 8.72. The summed E-state index contributed by atoms with van der Waals surface area (Å²) in [4.78, 5) is 7.33. The van der Waals surface area contributed by atoms with Crippen molar-refractivity contribution in [3.05, 3.63) is 11.7 Å². The van der Waals surface area contributed by atoms with Gasteiger partial charge in [0.1, 0.15) is 0 Å². The average Bonchev–Trinajstić information content (AvgIpc) is 3.19. The van der Waals surface area contributed by atoms with E-state index in [1.807, 2.05) is 0 Å². The minimum atomic E-state index is 0.160. The van der Waals surface area contributed by atoms with E-state index >= 15 is 0 Å². The van der Waals surface area contributed by atoms with Crippen molar-refractivity contribution in [3.63, 3.8) is 0 Å². The molecule has 0 bridgehead atoms. The summed E-state index contributed by atoms with van der Waals surface area (Å²) in [6, 6.07) is 0.305. The van der Waals surface area contributed by atoms with Gasteiger partial charge in [0, 0.05) is 31.6 Å². The van der Waals surface area contributed by atoms with Gasteiger partial charge in [-0.1, -0.05) is 31.8 Å². The van der Waals surface area contributed by atoms with Crippen LogP contribution in [0.4, 0.5) is 0 Å². The minimum absolute atomic E-state index is 0.160. The maximum absolute atomic E-state index is 5.71. The Morgan fingerprint density at radius 3 is 2.57 bits per heavy atom. The van der Waals surface area contributed by atoms with Crippen LogP contribution in [-0.4, -0.2) is 41.2 Å². The zero-order valence-electron chi connectivity index (χ0n) is 13.4. The molecule has 3 rings (SSSR count).